The molecule has 0 bridgehead atoms. The lowest BCUT2D eigenvalue weighted by molar-refractivity contribution is 0.102. The molecule has 2 rings (SSSR count). The molecule has 0 saturated heterocycles. The Morgan fingerprint density at radius 2 is 2.00 bits per heavy atom. The number of nitrogens with one attached hydrogen (secondary N) is 2. The molecule has 1 amide bonds. The normalized spacial score (nSPS) is 9.90. The molecule has 5 heteroatoms. The molecule has 2 aromatic rings. The zero-order valence-corrected chi connectivity index (χ0v) is 12.4. The lowest BCUT2D eigenvalue weighted by Gasteiger charge is -2.11. The van der Waals surface area contributed by atoms with Gasteiger partial charge in [-0.1, -0.05) is 25.1 Å². The number of carbonyl (C=O) groups is 1. The third-order valence-corrected chi connectivity index (χ3v) is 2.93. The van der Waals surface area contributed by atoms with E-state index in [1.54, 1.807) is 13.0 Å². The standard InChI is InChI=1S/C15H18N2O2.ClH/c1-3-16-10-12-6-4-5-7-14(12)17-15(18)13-8-9-19-11(13)2;/h4-9,16H,3,10H2,1-2H3,(H,17,18);1H. The van der Waals surface area contributed by atoms with Crippen molar-refractivity contribution < 1.29 is 9.21 Å². The molecule has 20 heavy (non-hydrogen) atoms. The van der Waals surface area contributed by atoms with Gasteiger partial charge in [0, 0.05) is 12.2 Å². The van der Waals surface area contributed by atoms with Crippen molar-refractivity contribution in [3.8, 4) is 0 Å². The molecule has 1 heterocycles. The molecule has 0 radical (unpaired) electrons. The van der Waals surface area contributed by atoms with Gasteiger partial charge in [0.15, 0.2) is 0 Å². The van der Waals surface area contributed by atoms with E-state index in [0.29, 0.717) is 11.3 Å². The van der Waals surface area contributed by atoms with Crippen molar-refractivity contribution >= 4 is 24.0 Å². The minimum atomic E-state index is -0.143. The molecule has 0 atom stereocenters. The van der Waals surface area contributed by atoms with Gasteiger partial charge in [0.1, 0.15) is 5.76 Å². The first-order valence-corrected chi connectivity index (χ1v) is 6.36. The highest BCUT2D eigenvalue weighted by Gasteiger charge is 2.12. The van der Waals surface area contributed by atoms with Crippen LogP contribution in [0.3, 0.4) is 0 Å². The molecule has 2 N–H and O–H groups in total. The van der Waals surface area contributed by atoms with Crippen LogP contribution in [-0.2, 0) is 6.54 Å². The Bertz CT molecular complexity index is 567. The number of anilines is 1. The summed E-state index contributed by atoms with van der Waals surface area (Å²) >= 11 is 0. The fourth-order valence-electron chi connectivity index (χ4n) is 1.87. The molecule has 1 aromatic carbocycles. The van der Waals surface area contributed by atoms with E-state index in [9.17, 15) is 4.79 Å². The van der Waals surface area contributed by atoms with E-state index in [0.717, 1.165) is 24.3 Å². The Balaban J connectivity index is 0.00000200. The highest BCUT2D eigenvalue weighted by atomic mass is 35.5. The number of carbonyl (C=O) groups excluding carboxylic acids is 1. The second kappa shape index (κ2) is 7.72. The second-order valence-corrected chi connectivity index (χ2v) is 4.28. The van der Waals surface area contributed by atoms with Gasteiger partial charge in [-0.2, -0.15) is 0 Å². The maximum atomic E-state index is 12.1. The minimum absolute atomic E-state index is 0. The fraction of sp³-hybridized carbons (Fsp3) is 0.267. The van der Waals surface area contributed by atoms with Crippen molar-refractivity contribution in [3.05, 3.63) is 53.5 Å². The summed E-state index contributed by atoms with van der Waals surface area (Å²) in [4.78, 5) is 12.1. The number of benzene rings is 1. The zero-order valence-electron chi connectivity index (χ0n) is 11.6. The van der Waals surface area contributed by atoms with Gasteiger partial charge < -0.3 is 15.1 Å². The third-order valence-electron chi connectivity index (χ3n) is 2.93. The van der Waals surface area contributed by atoms with Gasteiger partial charge in [-0.05, 0) is 31.2 Å². The van der Waals surface area contributed by atoms with Crippen LogP contribution in [0, 0.1) is 6.92 Å². The van der Waals surface area contributed by atoms with Crippen LogP contribution in [0.25, 0.3) is 0 Å². The monoisotopic (exact) mass is 294 g/mol. The first-order chi connectivity index (χ1) is 9.22. The molecule has 0 fully saturated rings. The van der Waals surface area contributed by atoms with Crippen LogP contribution >= 0.6 is 12.4 Å². The van der Waals surface area contributed by atoms with Crippen LogP contribution in [-0.4, -0.2) is 12.5 Å². The van der Waals surface area contributed by atoms with Crippen LogP contribution < -0.4 is 10.6 Å². The molecule has 4 nitrogen and oxygen atoms in total. The van der Waals surface area contributed by atoms with Gasteiger partial charge >= 0.3 is 0 Å². The number of amides is 1. The predicted molar refractivity (Wildman–Crippen MR) is 82.5 cm³/mol. The molecule has 0 unspecified atom stereocenters. The molecule has 0 spiro atoms. The lowest BCUT2D eigenvalue weighted by Crippen LogP contribution is -2.17. The predicted octanol–water partition coefficient (Wildman–Crippen LogP) is 3.37. The van der Waals surface area contributed by atoms with Crippen molar-refractivity contribution in [3.63, 3.8) is 0 Å². The van der Waals surface area contributed by atoms with E-state index in [-0.39, 0.29) is 18.3 Å². The number of hydrogen-bond acceptors (Lipinski definition) is 3. The highest BCUT2D eigenvalue weighted by Crippen LogP contribution is 2.17. The van der Waals surface area contributed by atoms with Crippen LogP contribution in [0.2, 0.25) is 0 Å². The molecular formula is C15H19ClN2O2. The fourth-order valence-corrected chi connectivity index (χ4v) is 1.87. The number of aryl methyl sites for hydroxylation is 1. The summed E-state index contributed by atoms with van der Waals surface area (Å²) in [6.45, 7) is 5.45. The molecule has 0 aliphatic heterocycles. The molecule has 0 aliphatic rings. The van der Waals surface area contributed by atoms with Gasteiger partial charge in [0.2, 0.25) is 0 Å². The Morgan fingerprint density at radius 3 is 2.65 bits per heavy atom. The number of para-hydroxylation sites is 1. The van der Waals surface area contributed by atoms with E-state index in [2.05, 4.69) is 17.6 Å². The van der Waals surface area contributed by atoms with E-state index in [1.807, 2.05) is 24.3 Å². The summed E-state index contributed by atoms with van der Waals surface area (Å²) < 4.78 is 5.15. The van der Waals surface area contributed by atoms with Gasteiger partial charge in [-0.3, -0.25) is 4.79 Å². The second-order valence-electron chi connectivity index (χ2n) is 4.28. The first-order valence-electron chi connectivity index (χ1n) is 6.36. The van der Waals surface area contributed by atoms with Crippen molar-refractivity contribution in [1.29, 1.82) is 0 Å². The summed E-state index contributed by atoms with van der Waals surface area (Å²) in [6, 6.07) is 9.46. The van der Waals surface area contributed by atoms with Crippen LogP contribution in [0.15, 0.2) is 41.0 Å². The zero-order chi connectivity index (χ0) is 13.7. The molecule has 108 valence electrons. The molecule has 0 saturated carbocycles. The first kappa shape index (κ1) is 16.3. The lowest BCUT2D eigenvalue weighted by atomic mass is 10.1. The van der Waals surface area contributed by atoms with E-state index >= 15 is 0 Å². The quantitative estimate of drug-likeness (QED) is 0.889. The largest absolute Gasteiger partial charge is 0.469 e. The maximum absolute atomic E-state index is 12.1. The van der Waals surface area contributed by atoms with Crippen LogP contribution in [0.5, 0.6) is 0 Å². The number of furan rings is 1. The Morgan fingerprint density at radius 1 is 1.25 bits per heavy atom. The van der Waals surface area contributed by atoms with Crippen molar-refractivity contribution in [1.82, 2.24) is 5.32 Å². The average molecular weight is 295 g/mol. The van der Waals surface area contributed by atoms with Gasteiger partial charge in [-0.25, -0.2) is 0 Å². The summed E-state index contributed by atoms with van der Waals surface area (Å²) in [5.41, 5.74) is 2.46. The highest BCUT2D eigenvalue weighted by molar-refractivity contribution is 6.05. The average Bonchev–Trinajstić information content (AvgIpc) is 2.84. The SMILES string of the molecule is CCNCc1ccccc1NC(=O)c1ccoc1C.Cl. The summed E-state index contributed by atoms with van der Waals surface area (Å²) in [5.74, 6) is 0.483. The molecular weight excluding hydrogens is 276 g/mol. The minimum Gasteiger partial charge on any atom is -0.469 e. The Kier molecular flexibility index (Phi) is 6.28. The smallest absolute Gasteiger partial charge is 0.259 e. The summed E-state index contributed by atoms with van der Waals surface area (Å²) in [6.07, 6.45) is 1.52. The number of halogens is 1. The van der Waals surface area contributed by atoms with Gasteiger partial charge in [0.25, 0.3) is 5.91 Å². The number of rotatable bonds is 5. The third kappa shape index (κ3) is 3.85. The summed E-state index contributed by atoms with van der Waals surface area (Å²) in [7, 11) is 0. The van der Waals surface area contributed by atoms with Gasteiger partial charge in [-0.15, -0.1) is 12.4 Å². The van der Waals surface area contributed by atoms with Crippen molar-refractivity contribution in [2.45, 2.75) is 20.4 Å². The molecule has 1 aromatic heterocycles. The van der Waals surface area contributed by atoms with Crippen molar-refractivity contribution in [2.75, 3.05) is 11.9 Å². The van der Waals surface area contributed by atoms with Gasteiger partial charge in [0.05, 0.1) is 11.8 Å². The van der Waals surface area contributed by atoms with Crippen LogP contribution in [0.1, 0.15) is 28.6 Å². The van der Waals surface area contributed by atoms with E-state index in [4.69, 9.17) is 4.42 Å². The van der Waals surface area contributed by atoms with E-state index in [1.165, 1.54) is 6.26 Å². The van der Waals surface area contributed by atoms with E-state index < -0.39 is 0 Å². The van der Waals surface area contributed by atoms with Crippen LogP contribution in [0.4, 0.5) is 5.69 Å². The van der Waals surface area contributed by atoms with Crippen molar-refractivity contribution in [2.24, 2.45) is 0 Å². The Labute approximate surface area is 125 Å². The molecule has 0 aliphatic carbocycles. The topological polar surface area (TPSA) is 54.3 Å². The number of hydrogen-bond donors (Lipinski definition) is 2. The summed E-state index contributed by atoms with van der Waals surface area (Å²) in [5, 5.41) is 6.18. The maximum Gasteiger partial charge on any atom is 0.259 e. The Hall–Kier alpha value is -1.78.